The predicted octanol–water partition coefficient (Wildman–Crippen LogP) is 1.22. The van der Waals surface area contributed by atoms with Gasteiger partial charge >= 0.3 is 5.69 Å². The van der Waals surface area contributed by atoms with Gasteiger partial charge < -0.3 is 5.32 Å². The van der Waals surface area contributed by atoms with Crippen LogP contribution in [-0.4, -0.2) is 26.5 Å². The van der Waals surface area contributed by atoms with Gasteiger partial charge in [0.15, 0.2) is 0 Å². The number of H-pyrrole nitrogens is 1. The van der Waals surface area contributed by atoms with E-state index in [0.29, 0.717) is 5.69 Å². The van der Waals surface area contributed by atoms with Gasteiger partial charge in [-0.3, -0.25) is 19.1 Å². The van der Waals surface area contributed by atoms with E-state index >= 15 is 0 Å². The fourth-order valence-electron chi connectivity index (χ4n) is 3.73. The highest BCUT2D eigenvalue weighted by Crippen LogP contribution is 2.22. The minimum absolute atomic E-state index is 0.00235. The molecule has 4 rings (SSSR count). The Hall–Kier alpha value is -3.22. The van der Waals surface area contributed by atoms with Crippen LogP contribution in [0.2, 0.25) is 0 Å². The SMILES string of the molecule is Cc1cc(C(=O)N[C@H]2CCc3ccccc3C2)c2c(=O)[nH]c(=O)n(C)c2n1. The first-order chi connectivity index (χ1) is 12.9. The average Bonchev–Trinajstić information content (AvgIpc) is 2.65. The molecule has 0 spiro atoms. The molecule has 3 aromatic rings. The number of amides is 1. The van der Waals surface area contributed by atoms with E-state index in [-0.39, 0.29) is 28.5 Å². The summed E-state index contributed by atoms with van der Waals surface area (Å²) in [5.74, 6) is -0.320. The summed E-state index contributed by atoms with van der Waals surface area (Å²) in [7, 11) is 1.52. The van der Waals surface area contributed by atoms with Crippen molar-refractivity contribution < 1.29 is 4.79 Å². The minimum Gasteiger partial charge on any atom is -0.349 e. The molecule has 1 amide bonds. The summed E-state index contributed by atoms with van der Waals surface area (Å²) in [5.41, 5.74) is 2.43. The molecule has 138 valence electrons. The summed E-state index contributed by atoms with van der Waals surface area (Å²) in [6.07, 6.45) is 2.52. The number of rotatable bonds is 2. The van der Waals surface area contributed by atoms with Crippen molar-refractivity contribution in [2.75, 3.05) is 0 Å². The molecule has 0 fully saturated rings. The van der Waals surface area contributed by atoms with Crippen molar-refractivity contribution in [2.24, 2.45) is 7.05 Å². The molecular formula is C20H20N4O3. The van der Waals surface area contributed by atoms with Gasteiger partial charge in [-0.25, -0.2) is 9.78 Å². The third-order valence-electron chi connectivity index (χ3n) is 5.12. The minimum atomic E-state index is -0.597. The molecule has 2 heterocycles. The molecule has 1 aliphatic carbocycles. The van der Waals surface area contributed by atoms with Crippen molar-refractivity contribution in [3.05, 3.63) is 73.6 Å². The van der Waals surface area contributed by atoms with Gasteiger partial charge in [0, 0.05) is 18.8 Å². The molecule has 0 bridgehead atoms. The Morgan fingerprint density at radius 1 is 1.26 bits per heavy atom. The van der Waals surface area contributed by atoms with Gasteiger partial charge in [0.25, 0.3) is 11.5 Å². The van der Waals surface area contributed by atoms with E-state index in [1.54, 1.807) is 13.0 Å². The zero-order valence-corrected chi connectivity index (χ0v) is 15.2. The number of benzene rings is 1. The van der Waals surface area contributed by atoms with E-state index in [2.05, 4.69) is 27.4 Å². The molecule has 2 N–H and O–H groups in total. The summed E-state index contributed by atoms with van der Waals surface area (Å²) in [5, 5.41) is 3.19. The Labute approximate surface area is 155 Å². The zero-order valence-electron chi connectivity index (χ0n) is 15.2. The average molecular weight is 364 g/mol. The number of fused-ring (bicyclic) bond motifs is 2. The van der Waals surface area contributed by atoms with Crippen molar-refractivity contribution in [2.45, 2.75) is 32.2 Å². The van der Waals surface area contributed by atoms with Crippen molar-refractivity contribution in [3.8, 4) is 0 Å². The molecule has 7 nitrogen and oxygen atoms in total. The number of aryl methyl sites for hydroxylation is 3. The molecular weight excluding hydrogens is 344 g/mol. The number of hydrogen-bond acceptors (Lipinski definition) is 4. The van der Waals surface area contributed by atoms with E-state index in [4.69, 9.17) is 0 Å². The standard InChI is InChI=1S/C20H20N4O3/c1-11-9-15(16-17(21-11)24(2)20(27)23-19(16)26)18(25)22-14-8-7-12-5-3-4-6-13(12)10-14/h3-6,9,14H,7-8,10H2,1-2H3,(H,22,25)(H,23,26,27)/t14-/m0/s1. The zero-order chi connectivity index (χ0) is 19.1. The number of nitrogens with zero attached hydrogens (tertiary/aromatic N) is 2. The topological polar surface area (TPSA) is 96.9 Å². The lowest BCUT2D eigenvalue weighted by Crippen LogP contribution is -2.39. The summed E-state index contributed by atoms with van der Waals surface area (Å²) in [6, 6.07) is 9.83. The number of hydrogen-bond donors (Lipinski definition) is 2. The molecule has 27 heavy (non-hydrogen) atoms. The van der Waals surface area contributed by atoms with Crippen molar-refractivity contribution in [1.82, 2.24) is 19.9 Å². The largest absolute Gasteiger partial charge is 0.349 e. The van der Waals surface area contributed by atoms with Crippen LogP contribution in [0.5, 0.6) is 0 Å². The third kappa shape index (κ3) is 3.05. The van der Waals surface area contributed by atoms with Crippen LogP contribution in [-0.2, 0) is 19.9 Å². The number of carbonyl (C=O) groups excluding carboxylic acids is 1. The Balaban J connectivity index is 1.71. The van der Waals surface area contributed by atoms with Crippen molar-refractivity contribution in [3.63, 3.8) is 0 Å². The number of aromatic nitrogens is 3. The second-order valence-electron chi connectivity index (χ2n) is 7.01. The third-order valence-corrected chi connectivity index (χ3v) is 5.12. The van der Waals surface area contributed by atoms with Crippen LogP contribution >= 0.6 is 0 Å². The van der Waals surface area contributed by atoms with Crippen molar-refractivity contribution in [1.29, 1.82) is 0 Å². The molecule has 7 heteroatoms. The maximum atomic E-state index is 13.0. The summed E-state index contributed by atoms with van der Waals surface area (Å²) in [4.78, 5) is 43.7. The van der Waals surface area contributed by atoms with Gasteiger partial charge in [-0.05, 0) is 43.4 Å². The van der Waals surface area contributed by atoms with Crippen LogP contribution in [0.4, 0.5) is 0 Å². The first kappa shape index (κ1) is 17.2. The van der Waals surface area contributed by atoms with Crippen LogP contribution in [0.15, 0.2) is 39.9 Å². The maximum absolute atomic E-state index is 13.0. The first-order valence-corrected chi connectivity index (χ1v) is 8.92. The smallest absolute Gasteiger partial charge is 0.329 e. The van der Waals surface area contributed by atoms with E-state index in [1.807, 2.05) is 12.1 Å². The first-order valence-electron chi connectivity index (χ1n) is 8.92. The van der Waals surface area contributed by atoms with Gasteiger partial charge in [0.2, 0.25) is 0 Å². The fraction of sp³-hybridized carbons (Fsp3) is 0.300. The molecule has 1 aliphatic rings. The molecule has 0 saturated heterocycles. The molecule has 0 aliphatic heterocycles. The van der Waals surface area contributed by atoms with E-state index in [9.17, 15) is 14.4 Å². The van der Waals surface area contributed by atoms with Gasteiger partial charge in [0.1, 0.15) is 5.65 Å². The lowest BCUT2D eigenvalue weighted by molar-refractivity contribution is 0.0935. The Morgan fingerprint density at radius 3 is 2.78 bits per heavy atom. The normalized spacial score (nSPS) is 16.1. The second kappa shape index (κ2) is 6.50. The summed E-state index contributed by atoms with van der Waals surface area (Å²) >= 11 is 0. The Morgan fingerprint density at radius 2 is 2.00 bits per heavy atom. The predicted molar refractivity (Wildman–Crippen MR) is 102 cm³/mol. The number of nitrogens with one attached hydrogen (secondary N) is 2. The molecule has 2 aromatic heterocycles. The van der Waals surface area contributed by atoms with Crippen LogP contribution in [0.25, 0.3) is 11.0 Å². The van der Waals surface area contributed by atoms with Crippen molar-refractivity contribution >= 4 is 16.9 Å². The quantitative estimate of drug-likeness (QED) is 0.714. The highest BCUT2D eigenvalue weighted by Gasteiger charge is 2.23. The second-order valence-corrected chi connectivity index (χ2v) is 7.01. The Bertz CT molecular complexity index is 1180. The summed E-state index contributed by atoms with van der Waals surface area (Å²) in [6.45, 7) is 1.73. The molecule has 1 atom stereocenters. The molecule has 0 radical (unpaired) electrons. The van der Waals surface area contributed by atoms with Gasteiger partial charge in [-0.1, -0.05) is 24.3 Å². The van der Waals surface area contributed by atoms with E-state index in [0.717, 1.165) is 19.3 Å². The van der Waals surface area contributed by atoms with Gasteiger partial charge in [-0.2, -0.15) is 0 Å². The van der Waals surface area contributed by atoms with Gasteiger partial charge in [0.05, 0.1) is 10.9 Å². The molecule has 0 unspecified atom stereocenters. The number of carbonyl (C=O) groups is 1. The number of pyridine rings is 1. The fourth-order valence-corrected chi connectivity index (χ4v) is 3.73. The lowest BCUT2D eigenvalue weighted by atomic mass is 9.88. The maximum Gasteiger partial charge on any atom is 0.329 e. The summed E-state index contributed by atoms with van der Waals surface area (Å²) < 4.78 is 1.25. The highest BCUT2D eigenvalue weighted by atomic mass is 16.2. The van der Waals surface area contributed by atoms with E-state index < -0.39 is 11.2 Å². The van der Waals surface area contributed by atoms with Crippen LogP contribution in [0, 0.1) is 6.92 Å². The monoisotopic (exact) mass is 364 g/mol. The van der Waals surface area contributed by atoms with Crippen LogP contribution < -0.4 is 16.6 Å². The van der Waals surface area contributed by atoms with E-state index in [1.165, 1.54) is 22.7 Å². The lowest BCUT2D eigenvalue weighted by Gasteiger charge is -2.25. The number of aromatic amines is 1. The van der Waals surface area contributed by atoms with Gasteiger partial charge in [-0.15, -0.1) is 0 Å². The van der Waals surface area contributed by atoms with Crippen LogP contribution in [0.1, 0.15) is 33.6 Å². The Kier molecular flexibility index (Phi) is 4.14. The van der Waals surface area contributed by atoms with Crippen LogP contribution in [0.3, 0.4) is 0 Å². The molecule has 1 aromatic carbocycles. The molecule has 0 saturated carbocycles. The highest BCUT2D eigenvalue weighted by molar-refractivity contribution is 6.05.